The molecule has 0 aliphatic carbocycles. The lowest BCUT2D eigenvalue weighted by Crippen LogP contribution is -2.03. The summed E-state index contributed by atoms with van der Waals surface area (Å²) in [5.74, 6) is -0.198. The molecule has 0 bridgehead atoms. The highest BCUT2D eigenvalue weighted by molar-refractivity contribution is 6.31. The van der Waals surface area contributed by atoms with Crippen LogP contribution in [0.4, 0.5) is 0 Å². The van der Waals surface area contributed by atoms with Crippen LogP contribution in [0, 0.1) is 0 Å². The second-order valence-electron chi connectivity index (χ2n) is 4.68. The van der Waals surface area contributed by atoms with Crippen molar-refractivity contribution < 1.29 is 9.90 Å². The Bertz CT molecular complexity index is 799. The fourth-order valence-corrected chi connectivity index (χ4v) is 2.51. The summed E-state index contributed by atoms with van der Waals surface area (Å²) in [5, 5.41) is 10.5. The number of hydrogen-bond acceptors (Lipinski definition) is 3. The van der Waals surface area contributed by atoms with Gasteiger partial charge in [-0.25, -0.2) is 9.97 Å². The summed E-state index contributed by atoms with van der Waals surface area (Å²) in [7, 11) is 0. The van der Waals surface area contributed by atoms with Gasteiger partial charge in [-0.1, -0.05) is 11.6 Å². The molecule has 0 unspecified atom stereocenters. The molecular formula is C15H12ClN3O2. The number of halogens is 1. The smallest absolute Gasteiger partial charge is 0.307 e. The zero-order valence-electron chi connectivity index (χ0n) is 11.0. The van der Waals surface area contributed by atoms with E-state index in [0.717, 1.165) is 16.5 Å². The van der Waals surface area contributed by atoms with Gasteiger partial charge in [-0.15, -0.1) is 0 Å². The molecule has 3 rings (SSSR count). The van der Waals surface area contributed by atoms with Crippen LogP contribution in [0.15, 0.2) is 42.9 Å². The van der Waals surface area contributed by atoms with Gasteiger partial charge in [-0.05, 0) is 29.8 Å². The quantitative estimate of drug-likeness (QED) is 0.804. The largest absolute Gasteiger partial charge is 0.481 e. The molecule has 21 heavy (non-hydrogen) atoms. The summed E-state index contributed by atoms with van der Waals surface area (Å²) in [5.41, 5.74) is 1.65. The van der Waals surface area contributed by atoms with Gasteiger partial charge in [0.15, 0.2) is 0 Å². The number of benzene rings is 1. The number of hydrogen-bond donors (Lipinski definition) is 1. The third-order valence-electron chi connectivity index (χ3n) is 3.20. The number of nitrogens with zero attached hydrogens (tertiary/aromatic N) is 3. The predicted molar refractivity (Wildman–Crippen MR) is 79.4 cm³/mol. The van der Waals surface area contributed by atoms with E-state index in [0.29, 0.717) is 17.4 Å². The van der Waals surface area contributed by atoms with E-state index in [9.17, 15) is 4.79 Å². The van der Waals surface area contributed by atoms with Gasteiger partial charge in [-0.3, -0.25) is 4.79 Å². The lowest BCUT2D eigenvalue weighted by molar-refractivity contribution is -0.136. The van der Waals surface area contributed by atoms with Crippen molar-refractivity contribution >= 4 is 28.5 Å². The Balaban J connectivity index is 2.08. The van der Waals surface area contributed by atoms with Crippen LogP contribution < -0.4 is 0 Å². The second-order valence-corrected chi connectivity index (χ2v) is 5.12. The number of carboxylic acid groups (broad SMARTS) is 1. The maximum absolute atomic E-state index is 11.0. The number of aromatic nitrogens is 3. The molecule has 0 saturated heterocycles. The zero-order valence-corrected chi connectivity index (χ0v) is 11.8. The van der Waals surface area contributed by atoms with Crippen LogP contribution in [-0.2, 0) is 17.8 Å². The van der Waals surface area contributed by atoms with Crippen molar-refractivity contribution in [3.8, 4) is 0 Å². The van der Waals surface area contributed by atoms with E-state index >= 15 is 0 Å². The van der Waals surface area contributed by atoms with Gasteiger partial charge in [-0.2, -0.15) is 0 Å². The summed E-state index contributed by atoms with van der Waals surface area (Å²) in [6, 6.07) is 7.22. The minimum Gasteiger partial charge on any atom is -0.481 e. The molecule has 3 aromatic rings. The Morgan fingerprint density at radius 2 is 2.05 bits per heavy atom. The van der Waals surface area contributed by atoms with Gasteiger partial charge in [0, 0.05) is 34.5 Å². The van der Waals surface area contributed by atoms with Gasteiger partial charge in [0.1, 0.15) is 5.82 Å². The van der Waals surface area contributed by atoms with Crippen LogP contribution in [-0.4, -0.2) is 25.6 Å². The molecule has 0 aliphatic rings. The second kappa shape index (κ2) is 5.54. The lowest BCUT2D eigenvalue weighted by Gasteiger charge is -2.03. The Kier molecular flexibility index (Phi) is 3.58. The lowest BCUT2D eigenvalue weighted by atomic mass is 10.1. The highest BCUT2D eigenvalue weighted by Gasteiger charge is 2.12. The monoisotopic (exact) mass is 301 g/mol. The number of fused-ring (bicyclic) bond motifs is 1. The standard InChI is InChI=1S/C15H12ClN3O2/c16-11-2-3-13-12(7-11)10(6-15(20)21)8-19(13)9-14-17-4-1-5-18-14/h1-5,7-8H,6,9H2,(H,20,21). The first kappa shape index (κ1) is 13.6. The molecule has 0 fully saturated rings. The molecule has 0 spiro atoms. The van der Waals surface area contributed by atoms with E-state index in [2.05, 4.69) is 9.97 Å². The van der Waals surface area contributed by atoms with Crippen LogP contribution in [0.1, 0.15) is 11.4 Å². The average molecular weight is 302 g/mol. The van der Waals surface area contributed by atoms with Crippen molar-refractivity contribution in [2.45, 2.75) is 13.0 Å². The number of rotatable bonds is 4. The number of aliphatic carboxylic acids is 1. The SMILES string of the molecule is O=C(O)Cc1cn(Cc2ncccn2)c2ccc(Cl)cc12. The van der Waals surface area contributed by atoms with Crippen LogP contribution in [0.25, 0.3) is 10.9 Å². The normalized spacial score (nSPS) is 10.9. The van der Waals surface area contributed by atoms with E-state index in [-0.39, 0.29) is 6.42 Å². The Labute approximate surface area is 125 Å². The van der Waals surface area contributed by atoms with Crippen molar-refractivity contribution in [2.75, 3.05) is 0 Å². The fraction of sp³-hybridized carbons (Fsp3) is 0.133. The van der Waals surface area contributed by atoms with Gasteiger partial charge in [0.25, 0.3) is 0 Å². The molecular weight excluding hydrogens is 290 g/mol. The Morgan fingerprint density at radius 1 is 1.29 bits per heavy atom. The molecule has 0 aliphatic heterocycles. The van der Waals surface area contributed by atoms with Crippen molar-refractivity contribution in [3.05, 3.63) is 59.3 Å². The van der Waals surface area contributed by atoms with E-state index in [1.165, 1.54) is 0 Å². The minimum absolute atomic E-state index is 0.0422. The summed E-state index contributed by atoms with van der Waals surface area (Å²) in [4.78, 5) is 19.4. The highest BCUT2D eigenvalue weighted by Crippen LogP contribution is 2.26. The van der Waals surface area contributed by atoms with Gasteiger partial charge >= 0.3 is 5.97 Å². The summed E-state index contributed by atoms with van der Waals surface area (Å²) >= 11 is 6.02. The van der Waals surface area contributed by atoms with Crippen molar-refractivity contribution in [1.82, 2.24) is 14.5 Å². The number of carbonyl (C=O) groups is 1. The van der Waals surface area contributed by atoms with Crippen molar-refractivity contribution in [3.63, 3.8) is 0 Å². The molecule has 6 heteroatoms. The topological polar surface area (TPSA) is 68.0 Å². The van der Waals surface area contributed by atoms with Crippen LogP contribution >= 0.6 is 11.6 Å². The van der Waals surface area contributed by atoms with Crippen molar-refractivity contribution in [1.29, 1.82) is 0 Å². The van der Waals surface area contributed by atoms with E-state index in [1.807, 2.05) is 16.8 Å². The third-order valence-corrected chi connectivity index (χ3v) is 3.43. The van der Waals surface area contributed by atoms with Crippen molar-refractivity contribution in [2.24, 2.45) is 0 Å². The van der Waals surface area contributed by atoms with Gasteiger partial charge in [0.05, 0.1) is 13.0 Å². The van der Waals surface area contributed by atoms with E-state index < -0.39 is 5.97 Å². The zero-order chi connectivity index (χ0) is 14.8. The van der Waals surface area contributed by atoms with E-state index in [1.54, 1.807) is 30.6 Å². The Morgan fingerprint density at radius 3 is 2.76 bits per heavy atom. The first-order valence-corrected chi connectivity index (χ1v) is 6.76. The van der Waals surface area contributed by atoms with Gasteiger partial charge < -0.3 is 9.67 Å². The molecule has 106 valence electrons. The Hall–Kier alpha value is -2.40. The first-order valence-electron chi connectivity index (χ1n) is 6.38. The maximum atomic E-state index is 11.0. The molecule has 0 saturated carbocycles. The predicted octanol–water partition coefficient (Wildman–Crippen LogP) is 2.76. The molecule has 5 nitrogen and oxygen atoms in total. The highest BCUT2D eigenvalue weighted by atomic mass is 35.5. The average Bonchev–Trinajstić information content (AvgIpc) is 2.77. The summed E-state index contributed by atoms with van der Waals surface area (Å²) < 4.78 is 1.94. The maximum Gasteiger partial charge on any atom is 0.307 e. The van der Waals surface area contributed by atoms with Crippen LogP contribution in [0.3, 0.4) is 0 Å². The molecule has 2 heterocycles. The molecule has 0 amide bonds. The molecule has 0 radical (unpaired) electrons. The molecule has 1 N–H and O–H groups in total. The summed E-state index contributed by atoms with van der Waals surface area (Å²) in [6.45, 7) is 0.485. The van der Waals surface area contributed by atoms with E-state index in [4.69, 9.17) is 16.7 Å². The van der Waals surface area contributed by atoms with Gasteiger partial charge in [0.2, 0.25) is 0 Å². The van der Waals surface area contributed by atoms with Crippen LogP contribution in [0.5, 0.6) is 0 Å². The molecule has 2 aromatic heterocycles. The number of carboxylic acids is 1. The first-order chi connectivity index (χ1) is 10.1. The third kappa shape index (κ3) is 2.87. The fourth-order valence-electron chi connectivity index (χ4n) is 2.34. The minimum atomic E-state index is -0.870. The molecule has 1 aromatic carbocycles. The summed E-state index contributed by atoms with van der Waals surface area (Å²) in [6.07, 6.45) is 5.15. The van der Waals surface area contributed by atoms with Crippen LogP contribution in [0.2, 0.25) is 5.02 Å². The molecule has 0 atom stereocenters.